The maximum atomic E-state index is 13.1. The number of hydrogen-bond donors (Lipinski definition) is 1. The lowest BCUT2D eigenvalue weighted by Crippen LogP contribution is -2.56. The third kappa shape index (κ3) is 7.60. The highest BCUT2D eigenvalue weighted by Gasteiger charge is 2.32. The second kappa shape index (κ2) is 13.1. The zero-order valence-corrected chi connectivity index (χ0v) is 23.8. The maximum absolute atomic E-state index is 13.1. The first-order valence-corrected chi connectivity index (χ1v) is 13.7. The van der Waals surface area contributed by atoms with Crippen molar-refractivity contribution in [3.63, 3.8) is 0 Å². The molecule has 1 fully saturated rings. The first-order valence-electron chi connectivity index (χ1n) is 12.9. The highest BCUT2D eigenvalue weighted by atomic mass is 35.5. The molecule has 1 saturated heterocycles. The Hall–Kier alpha value is -3.37. The lowest BCUT2D eigenvalue weighted by Gasteiger charge is -2.42. The number of halogens is 2. The summed E-state index contributed by atoms with van der Waals surface area (Å²) in [4.78, 5) is 42.9. The monoisotopic (exact) mass is 573 g/mol. The largest absolute Gasteiger partial charge is 0.495 e. The first kappa shape index (κ1) is 28.6. The summed E-state index contributed by atoms with van der Waals surface area (Å²) in [5.41, 5.74) is 0.994. The number of aromatic nitrogens is 4. The Morgan fingerprint density at radius 3 is 2.69 bits per heavy atom. The van der Waals surface area contributed by atoms with Gasteiger partial charge in [0.05, 0.1) is 18.2 Å². The zero-order chi connectivity index (χ0) is 27.9. The van der Waals surface area contributed by atoms with Crippen molar-refractivity contribution in [1.29, 1.82) is 0 Å². The van der Waals surface area contributed by atoms with Crippen LogP contribution in [0.2, 0.25) is 10.2 Å². The van der Waals surface area contributed by atoms with Crippen molar-refractivity contribution in [2.45, 2.75) is 39.2 Å². The summed E-state index contributed by atoms with van der Waals surface area (Å²) < 4.78 is 6.87. The molecule has 10 nitrogen and oxygen atoms in total. The smallest absolute Gasteiger partial charge is 0.238 e. The van der Waals surface area contributed by atoms with E-state index in [0.29, 0.717) is 61.6 Å². The SMILES string of the molecule is COc1ccc(CCNC(=O)CC2CN(C(=O)CC(C)C)CCN2c2cc(Cl)nc(-n3ccnc3)n2)cc1Cl. The Morgan fingerprint density at radius 1 is 1.18 bits per heavy atom. The molecule has 0 radical (unpaired) electrons. The number of nitrogens with zero attached hydrogens (tertiary/aromatic N) is 6. The molecule has 2 aromatic heterocycles. The fourth-order valence-electron chi connectivity index (χ4n) is 4.57. The number of imidazole rings is 1. The third-order valence-corrected chi connectivity index (χ3v) is 6.98. The fraction of sp³-hybridized carbons (Fsp3) is 0.444. The van der Waals surface area contributed by atoms with Crippen LogP contribution in [0.5, 0.6) is 5.75 Å². The minimum atomic E-state index is -0.285. The van der Waals surface area contributed by atoms with Gasteiger partial charge in [-0.25, -0.2) is 9.97 Å². The van der Waals surface area contributed by atoms with E-state index >= 15 is 0 Å². The number of methoxy groups -OCH3 is 1. The van der Waals surface area contributed by atoms with Gasteiger partial charge in [0, 0.05) is 57.5 Å². The molecule has 0 saturated carbocycles. The number of hydrogen-bond acceptors (Lipinski definition) is 7. The van der Waals surface area contributed by atoms with Crippen molar-refractivity contribution in [3.8, 4) is 11.7 Å². The van der Waals surface area contributed by atoms with Crippen LogP contribution in [0.3, 0.4) is 0 Å². The molecule has 0 spiro atoms. The van der Waals surface area contributed by atoms with Gasteiger partial charge in [-0.2, -0.15) is 4.98 Å². The second-order valence-electron chi connectivity index (χ2n) is 9.88. The van der Waals surface area contributed by atoms with Gasteiger partial charge in [-0.05, 0) is 30.0 Å². The van der Waals surface area contributed by atoms with Gasteiger partial charge in [-0.15, -0.1) is 0 Å². The summed E-state index contributed by atoms with van der Waals surface area (Å²) >= 11 is 12.6. The van der Waals surface area contributed by atoms with Crippen LogP contribution in [0.4, 0.5) is 5.82 Å². The van der Waals surface area contributed by atoms with Gasteiger partial charge in [0.15, 0.2) is 0 Å². The number of carbonyl (C=O) groups excluding carboxylic acids is 2. The molecule has 1 atom stereocenters. The average molecular weight is 575 g/mol. The quantitative estimate of drug-likeness (QED) is 0.368. The molecule has 3 aromatic rings. The normalized spacial score (nSPS) is 15.5. The van der Waals surface area contributed by atoms with E-state index in [9.17, 15) is 9.59 Å². The molecule has 1 aliphatic heterocycles. The minimum absolute atomic E-state index is 0.0891. The molecule has 208 valence electrons. The molecule has 4 rings (SSSR count). The van der Waals surface area contributed by atoms with Gasteiger partial charge in [-0.1, -0.05) is 43.1 Å². The number of anilines is 1. The fourth-order valence-corrected chi connectivity index (χ4v) is 5.02. The highest BCUT2D eigenvalue weighted by molar-refractivity contribution is 6.32. The van der Waals surface area contributed by atoms with Crippen LogP contribution in [0.1, 0.15) is 32.3 Å². The Labute approximate surface area is 238 Å². The molecule has 1 aliphatic rings. The maximum Gasteiger partial charge on any atom is 0.238 e. The molecule has 1 unspecified atom stereocenters. The highest BCUT2D eigenvalue weighted by Crippen LogP contribution is 2.26. The zero-order valence-electron chi connectivity index (χ0n) is 22.3. The Bertz CT molecular complexity index is 1290. The molecule has 0 bridgehead atoms. The van der Waals surface area contributed by atoms with E-state index in [1.54, 1.807) is 36.5 Å². The van der Waals surface area contributed by atoms with E-state index < -0.39 is 0 Å². The molecule has 12 heteroatoms. The second-order valence-corrected chi connectivity index (χ2v) is 10.7. The van der Waals surface area contributed by atoms with E-state index in [4.69, 9.17) is 32.9 Å². The van der Waals surface area contributed by atoms with Gasteiger partial charge in [0.25, 0.3) is 0 Å². The summed E-state index contributed by atoms with van der Waals surface area (Å²) in [6.45, 7) is 5.96. The van der Waals surface area contributed by atoms with Gasteiger partial charge in [0.2, 0.25) is 17.8 Å². The summed E-state index contributed by atoms with van der Waals surface area (Å²) in [5, 5.41) is 3.82. The summed E-state index contributed by atoms with van der Waals surface area (Å²) in [6.07, 6.45) is 6.25. The Morgan fingerprint density at radius 2 is 2.00 bits per heavy atom. The number of nitrogens with one attached hydrogen (secondary N) is 1. The van der Waals surface area contributed by atoms with Crippen LogP contribution >= 0.6 is 23.2 Å². The molecule has 2 amide bonds. The van der Waals surface area contributed by atoms with Crippen LogP contribution in [-0.4, -0.2) is 75.6 Å². The average Bonchev–Trinajstić information content (AvgIpc) is 3.43. The number of piperazine rings is 1. The lowest BCUT2D eigenvalue weighted by molar-refractivity contribution is -0.133. The Balaban J connectivity index is 1.47. The van der Waals surface area contributed by atoms with Crippen LogP contribution in [0.15, 0.2) is 43.0 Å². The molecule has 1 aromatic carbocycles. The molecule has 1 N–H and O–H groups in total. The van der Waals surface area contributed by atoms with Crippen molar-refractivity contribution >= 4 is 40.8 Å². The molecule has 0 aliphatic carbocycles. The summed E-state index contributed by atoms with van der Waals surface area (Å²) in [5.74, 6) is 1.82. The van der Waals surface area contributed by atoms with Crippen molar-refractivity contribution in [3.05, 3.63) is 58.7 Å². The predicted octanol–water partition coefficient (Wildman–Crippen LogP) is 3.79. The predicted molar refractivity (Wildman–Crippen MR) is 151 cm³/mol. The topological polar surface area (TPSA) is 105 Å². The molecular weight excluding hydrogens is 541 g/mol. The van der Waals surface area contributed by atoms with Crippen molar-refractivity contribution in [1.82, 2.24) is 29.7 Å². The van der Waals surface area contributed by atoms with Crippen LogP contribution in [-0.2, 0) is 16.0 Å². The van der Waals surface area contributed by atoms with E-state index in [-0.39, 0.29) is 35.3 Å². The van der Waals surface area contributed by atoms with Crippen molar-refractivity contribution in [2.75, 3.05) is 38.2 Å². The molecule has 39 heavy (non-hydrogen) atoms. The van der Waals surface area contributed by atoms with Gasteiger partial charge in [-0.3, -0.25) is 14.2 Å². The number of benzene rings is 1. The van der Waals surface area contributed by atoms with E-state index in [2.05, 4.69) is 15.3 Å². The summed E-state index contributed by atoms with van der Waals surface area (Å²) in [6, 6.07) is 6.98. The Kier molecular flexibility index (Phi) is 9.63. The molecule has 3 heterocycles. The minimum Gasteiger partial charge on any atom is -0.495 e. The first-order chi connectivity index (χ1) is 18.7. The third-order valence-electron chi connectivity index (χ3n) is 6.49. The van der Waals surface area contributed by atoms with E-state index in [1.807, 2.05) is 41.8 Å². The van der Waals surface area contributed by atoms with E-state index in [1.165, 1.54) is 0 Å². The molecular formula is C27H33Cl2N7O3. The van der Waals surface area contributed by atoms with Gasteiger partial charge < -0.3 is 19.9 Å². The number of ether oxygens (including phenoxy) is 1. The number of amides is 2. The lowest BCUT2D eigenvalue weighted by atomic mass is 10.0. The standard InChI is InChI=1S/C27H33Cl2N7O3/c1-18(2)12-26(38)34-10-11-36(24-15-23(29)32-27(33-24)35-9-8-30-17-35)20(16-34)14-25(37)31-7-6-19-4-5-22(39-3)21(28)13-19/h4-5,8-9,13,15,17-18,20H,6-7,10-12,14,16H2,1-3H3,(H,31,37). The van der Waals surface area contributed by atoms with Crippen LogP contribution < -0.4 is 15.0 Å². The van der Waals surface area contributed by atoms with Crippen molar-refractivity contribution < 1.29 is 14.3 Å². The van der Waals surface area contributed by atoms with Crippen LogP contribution in [0.25, 0.3) is 5.95 Å². The number of rotatable bonds is 10. The van der Waals surface area contributed by atoms with Gasteiger partial charge >= 0.3 is 0 Å². The number of carbonyl (C=O) groups is 2. The van der Waals surface area contributed by atoms with Gasteiger partial charge in [0.1, 0.15) is 23.0 Å². The van der Waals surface area contributed by atoms with E-state index in [0.717, 1.165) is 5.56 Å². The van der Waals surface area contributed by atoms with Crippen molar-refractivity contribution in [2.24, 2.45) is 5.92 Å². The summed E-state index contributed by atoms with van der Waals surface area (Å²) in [7, 11) is 1.57. The van der Waals surface area contributed by atoms with Crippen LogP contribution in [0, 0.1) is 5.92 Å².